The van der Waals surface area contributed by atoms with Gasteiger partial charge in [0.25, 0.3) is 0 Å². The van der Waals surface area contributed by atoms with Crippen molar-refractivity contribution in [1.82, 2.24) is 15.0 Å². The number of piperidine rings is 1. The molecule has 4 nitrogen and oxygen atoms in total. The van der Waals surface area contributed by atoms with Gasteiger partial charge in [-0.2, -0.15) is 4.73 Å². The smallest absolute Gasteiger partial charge is 0.175 e. The second kappa shape index (κ2) is 4.14. The first kappa shape index (κ1) is 9.66. The Labute approximate surface area is 94.2 Å². The van der Waals surface area contributed by atoms with Gasteiger partial charge in [0.05, 0.1) is 0 Å². The highest BCUT2D eigenvalue weighted by Gasteiger charge is 2.15. The molecule has 0 spiro atoms. The van der Waals surface area contributed by atoms with Gasteiger partial charge in [-0.15, -0.1) is 0 Å². The number of aromatic nitrogens is 2. The van der Waals surface area contributed by atoms with Gasteiger partial charge in [-0.05, 0) is 44.1 Å². The van der Waals surface area contributed by atoms with Crippen LogP contribution in [0.1, 0.15) is 12.8 Å². The summed E-state index contributed by atoms with van der Waals surface area (Å²) in [4.78, 5) is 10.3. The number of pyridine rings is 1. The molecule has 3 heterocycles. The van der Waals surface area contributed by atoms with Crippen LogP contribution in [0.5, 0.6) is 0 Å². The van der Waals surface area contributed by atoms with Gasteiger partial charge >= 0.3 is 0 Å². The Hall–Kier alpha value is -1.55. The van der Waals surface area contributed by atoms with Crippen molar-refractivity contribution in [3.05, 3.63) is 30.6 Å². The van der Waals surface area contributed by atoms with Crippen molar-refractivity contribution in [1.29, 1.82) is 0 Å². The first-order valence-electron chi connectivity index (χ1n) is 5.73. The minimum absolute atomic E-state index is 0.304. The summed E-state index contributed by atoms with van der Waals surface area (Å²) in [7, 11) is 0. The first-order chi connectivity index (χ1) is 7.93. The third kappa shape index (κ3) is 1.76. The molecular weight excluding hydrogens is 202 g/mol. The number of nitrogens with one attached hydrogen (secondary N) is 1. The van der Waals surface area contributed by atoms with E-state index < -0.39 is 0 Å². The summed E-state index contributed by atoms with van der Waals surface area (Å²) in [5, 5.41) is 4.45. The van der Waals surface area contributed by atoms with Gasteiger partial charge in [-0.3, -0.25) is 0 Å². The maximum Gasteiger partial charge on any atom is 0.175 e. The van der Waals surface area contributed by atoms with E-state index >= 15 is 0 Å². The Balaban J connectivity index is 1.83. The molecule has 1 N–H and O–H groups in total. The van der Waals surface area contributed by atoms with E-state index in [4.69, 9.17) is 4.84 Å². The monoisotopic (exact) mass is 217 g/mol. The second-order valence-electron chi connectivity index (χ2n) is 4.11. The first-order valence-corrected chi connectivity index (χ1v) is 5.73. The molecule has 0 bridgehead atoms. The van der Waals surface area contributed by atoms with E-state index in [1.807, 2.05) is 24.4 Å². The van der Waals surface area contributed by atoms with Crippen LogP contribution < -0.4 is 10.2 Å². The van der Waals surface area contributed by atoms with E-state index in [1.54, 1.807) is 10.9 Å². The third-order valence-corrected chi connectivity index (χ3v) is 2.96. The van der Waals surface area contributed by atoms with Crippen LogP contribution in [0.3, 0.4) is 0 Å². The highest BCUT2D eigenvalue weighted by Crippen LogP contribution is 2.13. The van der Waals surface area contributed by atoms with Crippen LogP contribution >= 0.6 is 0 Å². The molecule has 1 aliphatic rings. The normalized spacial score (nSPS) is 17.8. The molecule has 0 aromatic carbocycles. The fraction of sp³-hybridized carbons (Fsp3) is 0.417. The minimum Gasteiger partial charge on any atom is -0.409 e. The van der Waals surface area contributed by atoms with E-state index in [2.05, 4.69) is 10.3 Å². The number of rotatable bonds is 2. The third-order valence-electron chi connectivity index (χ3n) is 2.96. The van der Waals surface area contributed by atoms with Crippen LogP contribution in [-0.4, -0.2) is 28.9 Å². The van der Waals surface area contributed by atoms with Gasteiger partial charge < -0.3 is 10.2 Å². The Kier molecular flexibility index (Phi) is 2.50. The lowest BCUT2D eigenvalue weighted by molar-refractivity contribution is 0.0253. The lowest BCUT2D eigenvalue weighted by Gasteiger charge is -2.23. The standard InChI is InChI=1S/C12H15N3O/c1-2-10-5-9-15(12(10)14-6-1)16-11-3-7-13-8-4-11/h1-2,5-6,9,11,13H,3-4,7-8H2. The summed E-state index contributed by atoms with van der Waals surface area (Å²) in [6, 6.07) is 6.02. The van der Waals surface area contributed by atoms with Crippen molar-refractivity contribution < 1.29 is 4.84 Å². The molecule has 1 fully saturated rings. The average Bonchev–Trinajstić information content (AvgIpc) is 2.74. The van der Waals surface area contributed by atoms with Crippen LogP contribution in [0.4, 0.5) is 0 Å². The quantitative estimate of drug-likeness (QED) is 0.822. The van der Waals surface area contributed by atoms with Crippen molar-refractivity contribution in [2.24, 2.45) is 0 Å². The molecule has 2 aromatic rings. The van der Waals surface area contributed by atoms with Crippen LogP contribution in [0.15, 0.2) is 30.6 Å². The minimum atomic E-state index is 0.304. The lowest BCUT2D eigenvalue weighted by Crippen LogP contribution is -2.37. The van der Waals surface area contributed by atoms with Gasteiger partial charge in [0.2, 0.25) is 0 Å². The summed E-state index contributed by atoms with van der Waals surface area (Å²) < 4.78 is 1.80. The molecule has 4 heteroatoms. The van der Waals surface area contributed by atoms with Crippen LogP contribution in [-0.2, 0) is 0 Å². The molecule has 84 valence electrons. The molecule has 0 unspecified atom stereocenters. The highest BCUT2D eigenvalue weighted by atomic mass is 16.7. The molecule has 1 saturated heterocycles. The molecule has 0 radical (unpaired) electrons. The fourth-order valence-electron chi connectivity index (χ4n) is 2.09. The summed E-state index contributed by atoms with van der Waals surface area (Å²) in [6.45, 7) is 2.08. The van der Waals surface area contributed by atoms with Crippen molar-refractivity contribution in [2.75, 3.05) is 13.1 Å². The molecule has 0 saturated carbocycles. The zero-order valence-electron chi connectivity index (χ0n) is 9.10. The second-order valence-corrected chi connectivity index (χ2v) is 4.11. The van der Waals surface area contributed by atoms with Crippen LogP contribution in [0, 0.1) is 0 Å². The van der Waals surface area contributed by atoms with E-state index in [1.165, 1.54) is 0 Å². The number of hydrogen-bond acceptors (Lipinski definition) is 3. The molecular formula is C12H15N3O. The van der Waals surface area contributed by atoms with E-state index in [0.717, 1.165) is 37.0 Å². The van der Waals surface area contributed by atoms with Crippen molar-refractivity contribution in [3.63, 3.8) is 0 Å². The predicted molar refractivity (Wildman–Crippen MR) is 62.2 cm³/mol. The molecule has 0 atom stereocenters. The Morgan fingerprint density at radius 2 is 2.19 bits per heavy atom. The van der Waals surface area contributed by atoms with Crippen molar-refractivity contribution >= 4 is 11.0 Å². The Morgan fingerprint density at radius 3 is 3.06 bits per heavy atom. The molecule has 0 amide bonds. The molecule has 3 rings (SSSR count). The predicted octanol–water partition coefficient (Wildman–Crippen LogP) is 1.22. The topological polar surface area (TPSA) is 39.1 Å². The Morgan fingerprint density at radius 1 is 1.31 bits per heavy atom. The van der Waals surface area contributed by atoms with Crippen LogP contribution in [0.25, 0.3) is 11.0 Å². The lowest BCUT2D eigenvalue weighted by atomic mass is 10.1. The fourth-order valence-corrected chi connectivity index (χ4v) is 2.09. The number of nitrogens with zero attached hydrogens (tertiary/aromatic N) is 2. The molecule has 1 aliphatic heterocycles. The SMILES string of the molecule is c1cnc2c(c1)ccn2OC1CCNCC1. The zero-order chi connectivity index (χ0) is 10.8. The summed E-state index contributed by atoms with van der Waals surface area (Å²) in [5.74, 6) is 0. The molecule has 16 heavy (non-hydrogen) atoms. The summed E-state index contributed by atoms with van der Waals surface area (Å²) in [6.07, 6.45) is 6.17. The maximum atomic E-state index is 5.92. The van der Waals surface area contributed by atoms with Crippen molar-refractivity contribution in [3.8, 4) is 0 Å². The average molecular weight is 217 g/mol. The van der Waals surface area contributed by atoms with Gasteiger partial charge in [0.1, 0.15) is 6.10 Å². The van der Waals surface area contributed by atoms with Gasteiger partial charge in [0.15, 0.2) is 5.65 Å². The van der Waals surface area contributed by atoms with Crippen LogP contribution in [0.2, 0.25) is 0 Å². The van der Waals surface area contributed by atoms with Crippen molar-refractivity contribution in [2.45, 2.75) is 18.9 Å². The van der Waals surface area contributed by atoms with E-state index in [-0.39, 0.29) is 0 Å². The number of fused-ring (bicyclic) bond motifs is 1. The Bertz CT molecular complexity index is 474. The number of hydrogen-bond donors (Lipinski definition) is 1. The van der Waals surface area contributed by atoms with Gasteiger partial charge in [-0.25, -0.2) is 4.98 Å². The molecule has 2 aromatic heterocycles. The highest BCUT2D eigenvalue weighted by molar-refractivity contribution is 5.75. The van der Waals surface area contributed by atoms with Gasteiger partial charge in [0, 0.05) is 17.8 Å². The van der Waals surface area contributed by atoms with E-state index in [0.29, 0.717) is 6.10 Å². The zero-order valence-corrected chi connectivity index (χ0v) is 9.10. The largest absolute Gasteiger partial charge is 0.409 e. The summed E-state index contributed by atoms with van der Waals surface area (Å²) in [5.41, 5.74) is 0.904. The van der Waals surface area contributed by atoms with E-state index in [9.17, 15) is 0 Å². The summed E-state index contributed by atoms with van der Waals surface area (Å²) >= 11 is 0. The molecule has 0 aliphatic carbocycles. The van der Waals surface area contributed by atoms with Gasteiger partial charge in [-0.1, -0.05) is 0 Å². The maximum absolute atomic E-state index is 5.92.